The van der Waals surface area contributed by atoms with Gasteiger partial charge in [-0.2, -0.15) is 0 Å². The molecule has 0 atom stereocenters. The molecule has 5 heteroatoms. The molecule has 0 saturated carbocycles. The van der Waals surface area contributed by atoms with Gasteiger partial charge in [0, 0.05) is 22.9 Å². The van der Waals surface area contributed by atoms with Crippen LogP contribution in [0, 0.1) is 3.57 Å². The molecule has 0 amide bonds. The fourth-order valence-electron chi connectivity index (χ4n) is 2.05. The van der Waals surface area contributed by atoms with E-state index in [4.69, 9.17) is 16.3 Å². The predicted octanol–water partition coefficient (Wildman–Crippen LogP) is 5.02. The molecule has 0 aliphatic carbocycles. The maximum atomic E-state index is 5.98. The van der Waals surface area contributed by atoms with Crippen LogP contribution in [0.5, 0.6) is 5.75 Å². The lowest BCUT2D eigenvalue weighted by Crippen LogP contribution is -1.99. The van der Waals surface area contributed by atoms with Crippen LogP contribution < -0.4 is 4.74 Å². The fourth-order valence-corrected chi connectivity index (χ4v) is 3.78. The van der Waals surface area contributed by atoms with Gasteiger partial charge in [0.25, 0.3) is 0 Å². The number of thioether (sulfide) groups is 1. The number of rotatable bonds is 4. The average molecular weight is 430 g/mol. The van der Waals surface area contributed by atoms with Crippen molar-refractivity contribution in [2.24, 2.45) is 4.99 Å². The minimum atomic E-state index is 0.519. The lowest BCUT2D eigenvalue weighted by molar-refractivity contribution is 0.304. The van der Waals surface area contributed by atoms with Crippen molar-refractivity contribution >= 4 is 51.0 Å². The SMILES string of the molecule is Clc1cccc(COc2ccc(C3=NCCS3)cc2I)c1. The van der Waals surface area contributed by atoms with E-state index >= 15 is 0 Å². The summed E-state index contributed by atoms with van der Waals surface area (Å²) >= 11 is 10.1. The van der Waals surface area contributed by atoms with Gasteiger partial charge in [0.2, 0.25) is 0 Å². The Bertz CT molecular complexity index is 690. The zero-order chi connectivity index (χ0) is 14.7. The molecule has 3 rings (SSSR count). The van der Waals surface area contributed by atoms with E-state index in [0.29, 0.717) is 6.61 Å². The van der Waals surface area contributed by atoms with Crippen molar-refractivity contribution in [3.63, 3.8) is 0 Å². The summed E-state index contributed by atoms with van der Waals surface area (Å²) in [4.78, 5) is 4.50. The van der Waals surface area contributed by atoms with E-state index in [0.717, 1.165) is 37.2 Å². The molecule has 1 aliphatic rings. The third-order valence-corrected chi connectivity index (χ3v) is 5.15. The van der Waals surface area contributed by atoms with Gasteiger partial charge in [-0.3, -0.25) is 4.99 Å². The van der Waals surface area contributed by atoms with Crippen molar-refractivity contribution in [2.45, 2.75) is 6.61 Å². The lowest BCUT2D eigenvalue weighted by atomic mass is 10.2. The number of halogens is 2. The molecule has 0 saturated heterocycles. The van der Waals surface area contributed by atoms with E-state index in [-0.39, 0.29) is 0 Å². The second kappa shape index (κ2) is 7.03. The Labute approximate surface area is 147 Å². The molecular weight excluding hydrogens is 417 g/mol. The lowest BCUT2D eigenvalue weighted by Gasteiger charge is -2.10. The fraction of sp³-hybridized carbons (Fsp3) is 0.188. The third kappa shape index (κ3) is 3.93. The highest BCUT2D eigenvalue weighted by Gasteiger charge is 2.12. The first-order valence-electron chi connectivity index (χ1n) is 6.57. The molecule has 0 radical (unpaired) electrons. The van der Waals surface area contributed by atoms with Crippen LogP contribution in [0.2, 0.25) is 5.02 Å². The van der Waals surface area contributed by atoms with Crippen LogP contribution in [0.3, 0.4) is 0 Å². The second-order valence-electron chi connectivity index (χ2n) is 4.60. The van der Waals surface area contributed by atoms with E-state index in [9.17, 15) is 0 Å². The minimum absolute atomic E-state index is 0.519. The van der Waals surface area contributed by atoms with Crippen molar-refractivity contribution < 1.29 is 4.74 Å². The maximum absolute atomic E-state index is 5.98. The molecule has 2 aromatic rings. The van der Waals surface area contributed by atoms with E-state index in [2.05, 4.69) is 39.7 Å². The van der Waals surface area contributed by atoms with E-state index < -0.39 is 0 Å². The molecule has 0 fully saturated rings. The molecule has 2 aromatic carbocycles. The predicted molar refractivity (Wildman–Crippen MR) is 98.8 cm³/mol. The van der Waals surface area contributed by atoms with Gasteiger partial charge >= 0.3 is 0 Å². The van der Waals surface area contributed by atoms with Crippen LogP contribution in [0.1, 0.15) is 11.1 Å². The van der Waals surface area contributed by atoms with Crippen LogP contribution in [0.15, 0.2) is 47.5 Å². The van der Waals surface area contributed by atoms with Gasteiger partial charge in [-0.15, -0.1) is 11.8 Å². The Morgan fingerprint density at radius 2 is 2.14 bits per heavy atom. The first kappa shape index (κ1) is 15.2. The summed E-state index contributed by atoms with van der Waals surface area (Å²) < 4.78 is 6.98. The molecule has 21 heavy (non-hydrogen) atoms. The minimum Gasteiger partial charge on any atom is -0.488 e. The highest BCUT2D eigenvalue weighted by molar-refractivity contribution is 14.1. The normalized spacial score (nSPS) is 14.1. The highest BCUT2D eigenvalue weighted by atomic mass is 127. The maximum Gasteiger partial charge on any atom is 0.133 e. The first-order valence-corrected chi connectivity index (χ1v) is 9.01. The molecule has 0 N–H and O–H groups in total. The summed E-state index contributed by atoms with van der Waals surface area (Å²) in [7, 11) is 0. The molecule has 2 nitrogen and oxygen atoms in total. The van der Waals surface area contributed by atoms with Crippen molar-refractivity contribution in [3.8, 4) is 5.75 Å². The van der Waals surface area contributed by atoms with Gasteiger partial charge in [0.1, 0.15) is 12.4 Å². The second-order valence-corrected chi connectivity index (χ2v) is 7.28. The van der Waals surface area contributed by atoms with Crippen molar-refractivity contribution in [1.29, 1.82) is 0 Å². The Balaban J connectivity index is 1.71. The van der Waals surface area contributed by atoms with Gasteiger partial charge in [0.15, 0.2) is 0 Å². The van der Waals surface area contributed by atoms with Gasteiger partial charge < -0.3 is 4.74 Å². The van der Waals surface area contributed by atoms with E-state index in [1.165, 1.54) is 5.56 Å². The summed E-state index contributed by atoms with van der Waals surface area (Å²) in [6, 6.07) is 14.0. The average Bonchev–Trinajstić information content (AvgIpc) is 3.00. The monoisotopic (exact) mass is 429 g/mol. The highest BCUT2D eigenvalue weighted by Crippen LogP contribution is 2.27. The molecule has 0 unspecified atom stereocenters. The van der Waals surface area contributed by atoms with Crippen LogP contribution in [0.25, 0.3) is 0 Å². The van der Waals surface area contributed by atoms with E-state index in [1.807, 2.05) is 42.1 Å². The number of hydrogen-bond donors (Lipinski definition) is 0. The zero-order valence-corrected chi connectivity index (χ0v) is 14.9. The van der Waals surface area contributed by atoms with Crippen LogP contribution >= 0.6 is 46.0 Å². The van der Waals surface area contributed by atoms with Crippen LogP contribution in [-0.4, -0.2) is 17.3 Å². The van der Waals surface area contributed by atoms with Crippen LogP contribution in [0.4, 0.5) is 0 Å². The number of aliphatic imine (C=N–C) groups is 1. The van der Waals surface area contributed by atoms with Crippen molar-refractivity contribution in [1.82, 2.24) is 0 Å². The van der Waals surface area contributed by atoms with Crippen molar-refractivity contribution in [3.05, 3.63) is 62.2 Å². The molecule has 0 bridgehead atoms. The summed E-state index contributed by atoms with van der Waals surface area (Å²) in [6.07, 6.45) is 0. The van der Waals surface area contributed by atoms with Gasteiger partial charge in [-0.25, -0.2) is 0 Å². The zero-order valence-electron chi connectivity index (χ0n) is 11.2. The topological polar surface area (TPSA) is 21.6 Å². The number of nitrogens with zero attached hydrogens (tertiary/aromatic N) is 1. The number of benzene rings is 2. The standard InChI is InChI=1S/C16H13ClINOS/c17-13-3-1-2-11(8-13)10-20-15-5-4-12(9-14(15)18)16-19-6-7-21-16/h1-5,8-9H,6-7,10H2. The van der Waals surface area contributed by atoms with Gasteiger partial charge in [0.05, 0.1) is 8.61 Å². The Hall–Kier alpha value is -0.720. The quantitative estimate of drug-likeness (QED) is 0.637. The van der Waals surface area contributed by atoms with Gasteiger partial charge in [-0.05, 0) is 58.5 Å². The Morgan fingerprint density at radius 1 is 1.24 bits per heavy atom. The Kier molecular flexibility index (Phi) is 5.08. The largest absolute Gasteiger partial charge is 0.488 e. The molecule has 0 aromatic heterocycles. The molecular formula is C16H13ClINOS. The van der Waals surface area contributed by atoms with Gasteiger partial charge in [-0.1, -0.05) is 23.7 Å². The smallest absolute Gasteiger partial charge is 0.133 e. The summed E-state index contributed by atoms with van der Waals surface area (Å²) in [6.45, 7) is 1.44. The summed E-state index contributed by atoms with van der Waals surface area (Å²) in [5.74, 6) is 1.97. The van der Waals surface area contributed by atoms with Crippen LogP contribution in [-0.2, 0) is 6.61 Å². The van der Waals surface area contributed by atoms with E-state index in [1.54, 1.807) is 0 Å². The summed E-state index contributed by atoms with van der Waals surface area (Å²) in [5, 5.41) is 1.87. The molecule has 1 heterocycles. The molecule has 0 spiro atoms. The first-order chi connectivity index (χ1) is 10.2. The number of ether oxygens (including phenoxy) is 1. The summed E-state index contributed by atoms with van der Waals surface area (Å²) in [5.41, 5.74) is 2.25. The molecule has 1 aliphatic heterocycles. The molecule has 108 valence electrons. The number of hydrogen-bond acceptors (Lipinski definition) is 3. The Morgan fingerprint density at radius 3 is 2.86 bits per heavy atom. The third-order valence-electron chi connectivity index (χ3n) is 3.05. The van der Waals surface area contributed by atoms with Crippen molar-refractivity contribution in [2.75, 3.05) is 12.3 Å².